The molecule has 3 atom stereocenters. The molecule has 142 valence electrons. The molecule has 2 heterocycles. The zero-order chi connectivity index (χ0) is 17.8. The van der Waals surface area contributed by atoms with Gasteiger partial charge in [-0.05, 0) is 43.2 Å². The van der Waals surface area contributed by atoms with Crippen molar-refractivity contribution < 1.29 is 9.47 Å². The molecule has 2 aliphatic heterocycles. The molecule has 5 heteroatoms. The number of nitrogens with zero attached hydrogens (tertiary/aromatic N) is 2. The van der Waals surface area contributed by atoms with E-state index in [1.807, 2.05) is 7.05 Å². The summed E-state index contributed by atoms with van der Waals surface area (Å²) in [6, 6.07) is 8.91. The highest BCUT2D eigenvalue weighted by atomic mass is 16.5. The van der Waals surface area contributed by atoms with Gasteiger partial charge in [-0.2, -0.15) is 0 Å². The second kappa shape index (κ2) is 8.40. The lowest BCUT2D eigenvalue weighted by atomic mass is 9.83. The minimum absolute atomic E-state index is 0.167. The van der Waals surface area contributed by atoms with E-state index in [0.717, 1.165) is 51.6 Å². The van der Waals surface area contributed by atoms with Crippen molar-refractivity contribution in [3.63, 3.8) is 0 Å². The SMILES string of the molecule is CN=C(NCC1CCCc2ccccc21)N1CCOC(C2CCCO2)C1. The molecular formula is C21H31N3O2. The van der Waals surface area contributed by atoms with Crippen molar-refractivity contribution >= 4 is 5.96 Å². The Bertz CT molecular complexity index is 627. The largest absolute Gasteiger partial charge is 0.375 e. The molecule has 3 aliphatic rings. The summed E-state index contributed by atoms with van der Waals surface area (Å²) in [7, 11) is 1.88. The summed E-state index contributed by atoms with van der Waals surface area (Å²) in [5, 5.41) is 3.64. The van der Waals surface area contributed by atoms with E-state index in [9.17, 15) is 0 Å². The van der Waals surface area contributed by atoms with Gasteiger partial charge in [0, 0.05) is 39.2 Å². The zero-order valence-electron chi connectivity index (χ0n) is 15.8. The first-order valence-electron chi connectivity index (χ1n) is 10.1. The number of ether oxygens (including phenoxy) is 2. The van der Waals surface area contributed by atoms with Gasteiger partial charge >= 0.3 is 0 Å². The molecule has 1 aromatic carbocycles. The van der Waals surface area contributed by atoms with Crippen LogP contribution >= 0.6 is 0 Å². The van der Waals surface area contributed by atoms with Gasteiger partial charge in [0.05, 0.1) is 12.7 Å². The second-order valence-electron chi connectivity index (χ2n) is 7.62. The van der Waals surface area contributed by atoms with Crippen molar-refractivity contribution in [2.45, 2.75) is 50.2 Å². The van der Waals surface area contributed by atoms with Gasteiger partial charge in [-0.3, -0.25) is 4.99 Å². The van der Waals surface area contributed by atoms with Crippen LogP contribution in [0.5, 0.6) is 0 Å². The van der Waals surface area contributed by atoms with Crippen LogP contribution in [0, 0.1) is 0 Å². The molecule has 4 rings (SSSR count). The van der Waals surface area contributed by atoms with Crippen molar-refractivity contribution in [2.75, 3.05) is 39.9 Å². The third kappa shape index (κ3) is 3.89. The van der Waals surface area contributed by atoms with E-state index in [1.165, 1.54) is 30.4 Å². The van der Waals surface area contributed by atoms with E-state index in [0.29, 0.717) is 5.92 Å². The molecule has 3 unspecified atom stereocenters. The maximum Gasteiger partial charge on any atom is 0.193 e. The van der Waals surface area contributed by atoms with E-state index in [-0.39, 0.29) is 12.2 Å². The summed E-state index contributed by atoms with van der Waals surface area (Å²) < 4.78 is 11.8. The van der Waals surface area contributed by atoms with Crippen molar-refractivity contribution in [2.24, 2.45) is 4.99 Å². The standard InChI is InChI=1S/C21H31N3O2/c1-22-21(24-11-13-26-20(15-24)19-10-5-12-25-19)23-14-17-8-4-7-16-6-2-3-9-18(16)17/h2-3,6,9,17,19-20H,4-5,7-8,10-15H2,1H3,(H,22,23). The number of rotatable bonds is 3. The third-order valence-electron chi connectivity index (χ3n) is 5.98. The van der Waals surface area contributed by atoms with Gasteiger partial charge in [0.2, 0.25) is 0 Å². The smallest absolute Gasteiger partial charge is 0.193 e. The molecule has 0 spiro atoms. The van der Waals surface area contributed by atoms with Crippen LogP contribution in [-0.2, 0) is 15.9 Å². The van der Waals surface area contributed by atoms with Gasteiger partial charge in [0.25, 0.3) is 0 Å². The Balaban J connectivity index is 1.36. The van der Waals surface area contributed by atoms with E-state index in [2.05, 4.69) is 39.5 Å². The Morgan fingerprint density at radius 1 is 1.15 bits per heavy atom. The Morgan fingerprint density at radius 2 is 2.04 bits per heavy atom. The highest BCUT2D eigenvalue weighted by molar-refractivity contribution is 5.80. The summed E-state index contributed by atoms with van der Waals surface area (Å²) in [4.78, 5) is 6.89. The molecule has 1 aliphatic carbocycles. The summed E-state index contributed by atoms with van der Waals surface area (Å²) in [5.74, 6) is 1.58. The van der Waals surface area contributed by atoms with E-state index in [4.69, 9.17) is 9.47 Å². The predicted molar refractivity (Wildman–Crippen MR) is 104 cm³/mol. The van der Waals surface area contributed by atoms with Crippen LogP contribution in [0.25, 0.3) is 0 Å². The van der Waals surface area contributed by atoms with Gasteiger partial charge in [0.15, 0.2) is 5.96 Å². The molecule has 1 N–H and O–H groups in total. The molecular weight excluding hydrogens is 326 g/mol. The monoisotopic (exact) mass is 357 g/mol. The number of hydrogen-bond donors (Lipinski definition) is 1. The number of guanidine groups is 1. The molecule has 2 saturated heterocycles. The van der Waals surface area contributed by atoms with Crippen LogP contribution in [0.3, 0.4) is 0 Å². The second-order valence-corrected chi connectivity index (χ2v) is 7.62. The Morgan fingerprint density at radius 3 is 2.88 bits per heavy atom. The van der Waals surface area contributed by atoms with Crippen LogP contribution in [0.15, 0.2) is 29.3 Å². The van der Waals surface area contributed by atoms with Crippen LogP contribution in [0.2, 0.25) is 0 Å². The topological polar surface area (TPSA) is 46.1 Å². The van der Waals surface area contributed by atoms with Crippen molar-refractivity contribution in [3.8, 4) is 0 Å². The summed E-state index contributed by atoms with van der Waals surface area (Å²) in [6.45, 7) is 4.33. The van der Waals surface area contributed by atoms with E-state index in [1.54, 1.807) is 0 Å². The van der Waals surface area contributed by atoms with Gasteiger partial charge in [-0.1, -0.05) is 24.3 Å². The van der Waals surface area contributed by atoms with Crippen LogP contribution < -0.4 is 5.32 Å². The molecule has 0 bridgehead atoms. The minimum Gasteiger partial charge on any atom is -0.375 e. The quantitative estimate of drug-likeness (QED) is 0.667. The lowest BCUT2D eigenvalue weighted by Crippen LogP contribution is -2.53. The Kier molecular flexibility index (Phi) is 5.75. The Labute approximate surface area is 156 Å². The fraction of sp³-hybridized carbons (Fsp3) is 0.667. The maximum atomic E-state index is 5.98. The fourth-order valence-electron chi connectivity index (χ4n) is 4.60. The molecule has 2 fully saturated rings. The normalized spacial score (nSPS) is 29.5. The molecule has 0 saturated carbocycles. The first-order chi connectivity index (χ1) is 12.8. The number of aliphatic imine (C=N–C) groups is 1. The van der Waals surface area contributed by atoms with Crippen molar-refractivity contribution in [1.29, 1.82) is 0 Å². The highest BCUT2D eigenvalue weighted by Crippen LogP contribution is 2.31. The minimum atomic E-state index is 0.167. The zero-order valence-corrected chi connectivity index (χ0v) is 15.8. The number of hydrogen-bond acceptors (Lipinski definition) is 3. The first-order valence-corrected chi connectivity index (χ1v) is 10.1. The third-order valence-corrected chi connectivity index (χ3v) is 5.98. The number of fused-ring (bicyclic) bond motifs is 1. The van der Waals surface area contributed by atoms with Crippen LogP contribution in [0.4, 0.5) is 0 Å². The van der Waals surface area contributed by atoms with Gasteiger partial charge < -0.3 is 19.7 Å². The summed E-state index contributed by atoms with van der Waals surface area (Å²) >= 11 is 0. The van der Waals surface area contributed by atoms with Gasteiger partial charge in [0.1, 0.15) is 6.10 Å². The average molecular weight is 357 g/mol. The molecule has 5 nitrogen and oxygen atoms in total. The Hall–Kier alpha value is -1.59. The fourth-order valence-corrected chi connectivity index (χ4v) is 4.60. The lowest BCUT2D eigenvalue weighted by molar-refractivity contribution is -0.0817. The predicted octanol–water partition coefficient (Wildman–Crippen LogP) is 2.56. The van der Waals surface area contributed by atoms with Crippen molar-refractivity contribution in [1.82, 2.24) is 10.2 Å². The molecule has 26 heavy (non-hydrogen) atoms. The number of nitrogens with one attached hydrogen (secondary N) is 1. The lowest BCUT2D eigenvalue weighted by Gasteiger charge is -2.37. The van der Waals surface area contributed by atoms with E-state index < -0.39 is 0 Å². The molecule has 0 amide bonds. The average Bonchev–Trinajstić information content (AvgIpc) is 3.24. The first kappa shape index (κ1) is 17.8. The molecule has 0 radical (unpaired) electrons. The molecule has 0 aromatic heterocycles. The summed E-state index contributed by atoms with van der Waals surface area (Å²) in [6.07, 6.45) is 6.43. The van der Waals surface area contributed by atoms with Crippen molar-refractivity contribution in [3.05, 3.63) is 35.4 Å². The number of benzene rings is 1. The summed E-state index contributed by atoms with van der Waals surface area (Å²) in [5.41, 5.74) is 3.03. The van der Waals surface area contributed by atoms with Gasteiger partial charge in [-0.25, -0.2) is 0 Å². The highest BCUT2D eigenvalue weighted by Gasteiger charge is 2.32. The van der Waals surface area contributed by atoms with Gasteiger partial charge in [-0.15, -0.1) is 0 Å². The van der Waals surface area contributed by atoms with Crippen LogP contribution in [0.1, 0.15) is 42.7 Å². The van der Waals surface area contributed by atoms with Crippen LogP contribution in [-0.4, -0.2) is 63.0 Å². The maximum absolute atomic E-state index is 5.98. The molecule has 1 aromatic rings. The number of morpholine rings is 1. The van der Waals surface area contributed by atoms with E-state index >= 15 is 0 Å². The number of aryl methyl sites for hydroxylation is 1.